The first-order valence-corrected chi connectivity index (χ1v) is 7.46. The first kappa shape index (κ1) is 17.3. The monoisotopic (exact) mass is 328 g/mol. The van der Waals surface area contributed by atoms with Crippen LogP contribution in [-0.4, -0.2) is 30.5 Å². The number of rotatable bonds is 7. The molecule has 126 valence electrons. The Kier molecular flexibility index (Phi) is 5.78. The molecule has 0 unspecified atom stereocenters. The quantitative estimate of drug-likeness (QED) is 0.599. The average molecular weight is 328 g/mol. The van der Waals surface area contributed by atoms with E-state index in [0.717, 1.165) is 5.56 Å². The standard InChI is InChI=1S/C18H20N2O4/c1-12(2)24-16-9-4-13(10-17(16)23-3)11-19-20-15-7-5-14(6-8-15)18(21)22/h4-12,20H,1-3H3,(H,21,22)/b19-11-. The molecule has 0 aliphatic rings. The highest BCUT2D eigenvalue weighted by molar-refractivity contribution is 5.88. The molecule has 6 nitrogen and oxygen atoms in total. The van der Waals surface area contributed by atoms with E-state index in [4.69, 9.17) is 14.6 Å². The highest BCUT2D eigenvalue weighted by Gasteiger charge is 2.06. The van der Waals surface area contributed by atoms with Gasteiger partial charge >= 0.3 is 5.97 Å². The third kappa shape index (κ3) is 4.74. The number of methoxy groups -OCH3 is 1. The number of carbonyl (C=O) groups is 1. The molecule has 6 heteroatoms. The van der Waals surface area contributed by atoms with Crippen LogP contribution in [0.2, 0.25) is 0 Å². The van der Waals surface area contributed by atoms with Crippen LogP contribution in [0.1, 0.15) is 29.8 Å². The summed E-state index contributed by atoms with van der Waals surface area (Å²) in [6.45, 7) is 3.91. The van der Waals surface area contributed by atoms with E-state index in [1.54, 1.807) is 25.5 Å². The Bertz CT molecular complexity index is 724. The van der Waals surface area contributed by atoms with Gasteiger partial charge in [-0.3, -0.25) is 5.43 Å². The molecule has 2 aromatic carbocycles. The van der Waals surface area contributed by atoms with E-state index < -0.39 is 5.97 Å². The van der Waals surface area contributed by atoms with Crippen molar-refractivity contribution in [3.8, 4) is 11.5 Å². The number of nitrogens with zero attached hydrogens (tertiary/aromatic N) is 1. The topological polar surface area (TPSA) is 80.2 Å². The lowest BCUT2D eigenvalue weighted by molar-refractivity contribution is 0.0697. The largest absolute Gasteiger partial charge is 0.493 e. The van der Waals surface area contributed by atoms with E-state index in [-0.39, 0.29) is 11.7 Å². The molecular weight excluding hydrogens is 308 g/mol. The van der Waals surface area contributed by atoms with E-state index >= 15 is 0 Å². The molecule has 0 fully saturated rings. The molecule has 0 aliphatic carbocycles. The van der Waals surface area contributed by atoms with Gasteiger partial charge in [0.1, 0.15) is 0 Å². The SMILES string of the molecule is COc1cc(/C=N\Nc2ccc(C(=O)O)cc2)ccc1OC(C)C. The summed E-state index contributed by atoms with van der Waals surface area (Å²) in [4.78, 5) is 10.8. The van der Waals surface area contributed by atoms with Crippen LogP contribution >= 0.6 is 0 Å². The second kappa shape index (κ2) is 8.01. The second-order valence-electron chi connectivity index (χ2n) is 5.33. The minimum atomic E-state index is -0.958. The van der Waals surface area contributed by atoms with Crippen molar-refractivity contribution >= 4 is 17.9 Å². The molecule has 24 heavy (non-hydrogen) atoms. The number of carboxylic acid groups (broad SMARTS) is 1. The van der Waals surface area contributed by atoms with Gasteiger partial charge < -0.3 is 14.6 Å². The zero-order valence-corrected chi connectivity index (χ0v) is 13.8. The molecule has 0 spiro atoms. The molecule has 0 aliphatic heterocycles. The Balaban J connectivity index is 2.04. The van der Waals surface area contributed by atoms with Gasteiger partial charge in [0.05, 0.1) is 30.7 Å². The zero-order chi connectivity index (χ0) is 17.5. The highest BCUT2D eigenvalue weighted by atomic mass is 16.5. The van der Waals surface area contributed by atoms with E-state index in [9.17, 15) is 4.79 Å². The molecule has 0 saturated carbocycles. The van der Waals surface area contributed by atoms with Gasteiger partial charge in [0.15, 0.2) is 11.5 Å². The van der Waals surface area contributed by atoms with Gasteiger partial charge in [0.2, 0.25) is 0 Å². The van der Waals surface area contributed by atoms with Crippen molar-refractivity contribution in [2.45, 2.75) is 20.0 Å². The van der Waals surface area contributed by atoms with Gasteiger partial charge in [-0.1, -0.05) is 0 Å². The van der Waals surface area contributed by atoms with E-state index in [2.05, 4.69) is 10.5 Å². The van der Waals surface area contributed by atoms with Crippen LogP contribution in [0.4, 0.5) is 5.69 Å². The number of hydrogen-bond acceptors (Lipinski definition) is 5. The maximum Gasteiger partial charge on any atom is 0.335 e. The normalized spacial score (nSPS) is 10.8. The van der Waals surface area contributed by atoms with Crippen molar-refractivity contribution < 1.29 is 19.4 Å². The van der Waals surface area contributed by atoms with E-state index in [1.807, 2.05) is 32.0 Å². The van der Waals surface area contributed by atoms with Gasteiger partial charge in [-0.2, -0.15) is 5.10 Å². The molecule has 2 N–H and O–H groups in total. The van der Waals surface area contributed by atoms with Gasteiger partial charge in [-0.25, -0.2) is 4.79 Å². The van der Waals surface area contributed by atoms with Crippen molar-refractivity contribution in [2.75, 3.05) is 12.5 Å². The maximum absolute atomic E-state index is 10.8. The minimum Gasteiger partial charge on any atom is -0.493 e. The third-order valence-corrected chi connectivity index (χ3v) is 3.09. The van der Waals surface area contributed by atoms with Crippen LogP contribution in [0.5, 0.6) is 11.5 Å². The van der Waals surface area contributed by atoms with Crippen LogP contribution in [0.25, 0.3) is 0 Å². The predicted octanol–water partition coefficient (Wildman–Crippen LogP) is 3.63. The number of benzene rings is 2. The lowest BCUT2D eigenvalue weighted by Gasteiger charge is -2.13. The Hall–Kier alpha value is -3.02. The molecule has 2 rings (SSSR count). The Labute approximate surface area is 140 Å². The summed E-state index contributed by atoms with van der Waals surface area (Å²) in [6.07, 6.45) is 1.71. The van der Waals surface area contributed by atoms with Gasteiger partial charge in [0, 0.05) is 0 Å². The lowest BCUT2D eigenvalue weighted by atomic mass is 10.2. The van der Waals surface area contributed by atoms with Gasteiger partial charge in [0.25, 0.3) is 0 Å². The average Bonchev–Trinajstić information content (AvgIpc) is 2.56. The van der Waals surface area contributed by atoms with Crippen LogP contribution in [0.15, 0.2) is 47.6 Å². The predicted molar refractivity (Wildman–Crippen MR) is 93.4 cm³/mol. The minimum absolute atomic E-state index is 0.0638. The number of nitrogens with one attached hydrogen (secondary N) is 1. The van der Waals surface area contributed by atoms with Crippen LogP contribution < -0.4 is 14.9 Å². The first-order chi connectivity index (χ1) is 11.5. The summed E-state index contributed by atoms with van der Waals surface area (Å²) in [6, 6.07) is 11.9. The van der Waals surface area contributed by atoms with Crippen LogP contribution in [-0.2, 0) is 0 Å². The fourth-order valence-electron chi connectivity index (χ4n) is 1.98. The lowest BCUT2D eigenvalue weighted by Crippen LogP contribution is -2.06. The summed E-state index contributed by atoms with van der Waals surface area (Å²) in [5.41, 5.74) is 4.62. The second-order valence-corrected chi connectivity index (χ2v) is 5.33. The first-order valence-electron chi connectivity index (χ1n) is 7.46. The molecule has 0 heterocycles. The van der Waals surface area contributed by atoms with Crippen molar-refractivity contribution in [3.63, 3.8) is 0 Å². The summed E-state index contributed by atoms with van der Waals surface area (Å²) >= 11 is 0. The molecule has 0 saturated heterocycles. The van der Waals surface area contributed by atoms with Crippen LogP contribution in [0.3, 0.4) is 0 Å². The number of anilines is 1. The van der Waals surface area contributed by atoms with Gasteiger partial charge in [-0.15, -0.1) is 0 Å². The zero-order valence-electron chi connectivity index (χ0n) is 13.8. The number of ether oxygens (including phenoxy) is 2. The van der Waals surface area contributed by atoms with Crippen molar-refractivity contribution in [3.05, 3.63) is 53.6 Å². The number of carboxylic acids is 1. The van der Waals surface area contributed by atoms with Gasteiger partial charge in [-0.05, 0) is 61.9 Å². The number of hydrazone groups is 1. The Morgan fingerprint density at radius 2 is 1.88 bits per heavy atom. The summed E-state index contributed by atoms with van der Waals surface area (Å²) in [5.74, 6) is 0.362. The third-order valence-electron chi connectivity index (χ3n) is 3.09. The molecule has 0 amide bonds. The van der Waals surface area contributed by atoms with E-state index in [1.165, 1.54) is 12.1 Å². The van der Waals surface area contributed by atoms with Crippen molar-refractivity contribution in [2.24, 2.45) is 5.10 Å². The maximum atomic E-state index is 10.8. The Morgan fingerprint density at radius 3 is 2.46 bits per heavy atom. The van der Waals surface area contributed by atoms with Crippen molar-refractivity contribution in [1.29, 1.82) is 0 Å². The summed E-state index contributed by atoms with van der Waals surface area (Å²) < 4.78 is 11.0. The van der Waals surface area contributed by atoms with E-state index in [0.29, 0.717) is 17.2 Å². The molecule has 0 atom stereocenters. The highest BCUT2D eigenvalue weighted by Crippen LogP contribution is 2.28. The summed E-state index contributed by atoms with van der Waals surface area (Å²) in [5, 5.41) is 13.0. The van der Waals surface area contributed by atoms with Crippen molar-refractivity contribution in [1.82, 2.24) is 0 Å². The Morgan fingerprint density at radius 1 is 1.17 bits per heavy atom. The smallest absolute Gasteiger partial charge is 0.335 e. The van der Waals surface area contributed by atoms with Crippen LogP contribution in [0, 0.1) is 0 Å². The molecule has 0 bridgehead atoms. The molecular formula is C18H20N2O4. The fourth-order valence-corrected chi connectivity index (χ4v) is 1.98. The summed E-state index contributed by atoms with van der Waals surface area (Å²) in [7, 11) is 1.59. The molecule has 2 aromatic rings. The number of aromatic carboxylic acids is 1. The number of hydrogen-bond donors (Lipinski definition) is 2. The molecule has 0 aromatic heterocycles. The molecule has 0 radical (unpaired) electrons. The fraction of sp³-hybridized carbons (Fsp3) is 0.222.